The van der Waals surface area contributed by atoms with E-state index in [0.717, 1.165) is 6.08 Å². The maximum Gasteiger partial charge on any atom is 0.336 e. The van der Waals surface area contributed by atoms with Gasteiger partial charge in [0, 0.05) is 24.0 Å². The molecule has 14 heavy (non-hydrogen) atoms. The van der Waals surface area contributed by atoms with Crippen LogP contribution >= 0.6 is 0 Å². The van der Waals surface area contributed by atoms with Gasteiger partial charge in [0.25, 0.3) is 0 Å². The monoisotopic (exact) mass is 192 g/mol. The summed E-state index contributed by atoms with van der Waals surface area (Å²) >= 11 is 0. The van der Waals surface area contributed by atoms with Gasteiger partial charge in [0.2, 0.25) is 5.91 Å². The molecule has 0 saturated heterocycles. The molecule has 3 N–H and O–H groups in total. The molecule has 1 amide bonds. The number of carbonyl (C=O) groups is 2. The van der Waals surface area contributed by atoms with Crippen LogP contribution in [0.4, 0.5) is 0 Å². The van der Waals surface area contributed by atoms with Gasteiger partial charge in [0.15, 0.2) is 0 Å². The van der Waals surface area contributed by atoms with E-state index in [0.29, 0.717) is 5.56 Å². The number of hydrogen-bond donors (Lipinski definition) is 2. The van der Waals surface area contributed by atoms with Crippen molar-refractivity contribution in [3.63, 3.8) is 0 Å². The third-order valence-corrected chi connectivity index (χ3v) is 1.51. The first-order valence-corrected chi connectivity index (χ1v) is 3.76. The van der Waals surface area contributed by atoms with E-state index in [1.54, 1.807) is 0 Å². The Morgan fingerprint density at radius 2 is 2.21 bits per heavy atom. The molecule has 0 spiro atoms. The second kappa shape index (κ2) is 4.18. The number of aromatic carboxylic acids is 1. The van der Waals surface area contributed by atoms with Gasteiger partial charge >= 0.3 is 5.97 Å². The lowest BCUT2D eigenvalue weighted by atomic mass is 10.1. The zero-order chi connectivity index (χ0) is 10.6. The number of amides is 1. The average Bonchev–Trinajstić information content (AvgIpc) is 2.15. The molecule has 5 nitrogen and oxygen atoms in total. The van der Waals surface area contributed by atoms with E-state index in [9.17, 15) is 9.59 Å². The van der Waals surface area contributed by atoms with Crippen LogP contribution in [0.3, 0.4) is 0 Å². The van der Waals surface area contributed by atoms with E-state index < -0.39 is 11.9 Å². The summed E-state index contributed by atoms with van der Waals surface area (Å²) in [6.07, 6.45) is 5.12. The molecule has 0 aromatic carbocycles. The van der Waals surface area contributed by atoms with Crippen LogP contribution < -0.4 is 5.73 Å². The third kappa shape index (κ3) is 2.41. The van der Waals surface area contributed by atoms with Gasteiger partial charge < -0.3 is 10.8 Å². The Hall–Kier alpha value is -2.17. The van der Waals surface area contributed by atoms with Crippen molar-refractivity contribution >= 4 is 18.0 Å². The summed E-state index contributed by atoms with van der Waals surface area (Å²) < 4.78 is 0. The van der Waals surface area contributed by atoms with Crippen molar-refractivity contribution in [2.75, 3.05) is 0 Å². The summed E-state index contributed by atoms with van der Waals surface area (Å²) in [4.78, 5) is 24.8. The van der Waals surface area contributed by atoms with Gasteiger partial charge in [0.05, 0.1) is 5.56 Å². The number of primary amides is 1. The minimum atomic E-state index is -1.07. The van der Waals surface area contributed by atoms with Gasteiger partial charge in [-0.2, -0.15) is 0 Å². The molecular weight excluding hydrogens is 184 g/mol. The van der Waals surface area contributed by atoms with Gasteiger partial charge in [-0.1, -0.05) is 0 Å². The summed E-state index contributed by atoms with van der Waals surface area (Å²) in [5.74, 6) is -1.71. The molecule has 0 aliphatic rings. The van der Waals surface area contributed by atoms with Crippen molar-refractivity contribution in [3.05, 3.63) is 35.7 Å². The molecule has 1 heterocycles. The number of nitrogens with zero attached hydrogens (tertiary/aromatic N) is 1. The van der Waals surface area contributed by atoms with E-state index in [1.165, 1.54) is 24.5 Å². The highest BCUT2D eigenvalue weighted by atomic mass is 16.4. The Labute approximate surface area is 79.9 Å². The predicted octanol–water partition coefficient (Wildman–Crippen LogP) is 0.278. The topological polar surface area (TPSA) is 93.3 Å². The fourth-order valence-corrected chi connectivity index (χ4v) is 0.906. The van der Waals surface area contributed by atoms with Gasteiger partial charge in [0.1, 0.15) is 0 Å². The molecule has 72 valence electrons. The fourth-order valence-electron chi connectivity index (χ4n) is 0.906. The van der Waals surface area contributed by atoms with Crippen LogP contribution in [0.25, 0.3) is 6.08 Å². The Morgan fingerprint density at radius 3 is 2.79 bits per heavy atom. The second-order valence-corrected chi connectivity index (χ2v) is 2.50. The fraction of sp³-hybridized carbons (Fsp3) is 0. The number of carboxylic acid groups (broad SMARTS) is 1. The lowest BCUT2D eigenvalue weighted by Crippen LogP contribution is -2.06. The lowest BCUT2D eigenvalue weighted by Gasteiger charge is -1.97. The van der Waals surface area contributed by atoms with Gasteiger partial charge in [-0.15, -0.1) is 0 Å². The van der Waals surface area contributed by atoms with E-state index in [-0.39, 0.29) is 5.56 Å². The highest BCUT2D eigenvalue weighted by molar-refractivity contribution is 5.95. The molecular formula is C9H8N2O3. The minimum Gasteiger partial charge on any atom is -0.478 e. The molecule has 1 aromatic rings. The molecule has 0 radical (unpaired) electrons. The van der Waals surface area contributed by atoms with E-state index in [2.05, 4.69) is 4.98 Å². The van der Waals surface area contributed by atoms with Crippen molar-refractivity contribution in [2.24, 2.45) is 5.73 Å². The third-order valence-electron chi connectivity index (χ3n) is 1.51. The Kier molecular flexibility index (Phi) is 2.96. The number of pyridine rings is 1. The Bertz CT molecular complexity index is 399. The van der Waals surface area contributed by atoms with Crippen LogP contribution in [-0.4, -0.2) is 22.0 Å². The molecule has 0 unspecified atom stereocenters. The van der Waals surface area contributed by atoms with Crippen LogP contribution in [0.1, 0.15) is 15.9 Å². The van der Waals surface area contributed by atoms with E-state index in [4.69, 9.17) is 10.8 Å². The largest absolute Gasteiger partial charge is 0.478 e. The number of carbonyl (C=O) groups excluding carboxylic acids is 1. The van der Waals surface area contributed by atoms with Crippen molar-refractivity contribution in [1.29, 1.82) is 0 Å². The maximum absolute atomic E-state index is 10.7. The summed E-state index contributed by atoms with van der Waals surface area (Å²) in [7, 11) is 0. The van der Waals surface area contributed by atoms with Crippen LogP contribution in [0.5, 0.6) is 0 Å². The number of nitrogens with two attached hydrogens (primary N) is 1. The molecule has 5 heteroatoms. The lowest BCUT2D eigenvalue weighted by molar-refractivity contribution is -0.113. The van der Waals surface area contributed by atoms with Crippen molar-refractivity contribution in [2.45, 2.75) is 0 Å². The SMILES string of the molecule is NC(=O)C=Cc1cnccc1C(=O)O. The molecule has 0 fully saturated rings. The predicted molar refractivity (Wildman–Crippen MR) is 49.4 cm³/mol. The van der Waals surface area contributed by atoms with Crippen LogP contribution in [0.15, 0.2) is 24.5 Å². The van der Waals surface area contributed by atoms with E-state index >= 15 is 0 Å². The number of carboxylic acids is 1. The molecule has 0 bridgehead atoms. The van der Waals surface area contributed by atoms with Crippen molar-refractivity contribution < 1.29 is 14.7 Å². The molecule has 0 saturated carbocycles. The molecule has 0 aliphatic carbocycles. The van der Waals surface area contributed by atoms with Crippen LogP contribution in [0.2, 0.25) is 0 Å². The van der Waals surface area contributed by atoms with Crippen LogP contribution in [-0.2, 0) is 4.79 Å². The number of rotatable bonds is 3. The first-order valence-electron chi connectivity index (χ1n) is 3.76. The summed E-state index contributed by atoms with van der Waals surface area (Å²) in [5.41, 5.74) is 5.30. The highest BCUT2D eigenvalue weighted by Crippen LogP contribution is 2.08. The van der Waals surface area contributed by atoms with E-state index in [1.807, 2.05) is 0 Å². The molecule has 1 rings (SSSR count). The highest BCUT2D eigenvalue weighted by Gasteiger charge is 2.06. The van der Waals surface area contributed by atoms with Crippen molar-refractivity contribution in [3.8, 4) is 0 Å². The first kappa shape index (κ1) is 9.91. The summed E-state index contributed by atoms with van der Waals surface area (Å²) in [6, 6.07) is 1.35. The first-order chi connectivity index (χ1) is 6.61. The zero-order valence-electron chi connectivity index (χ0n) is 7.18. The smallest absolute Gasteiger partial charge is 0.336 e. The Balaban J connectivity index is 3.07. The molecule has 1 aromatic heterocycles. The van der Waals surface area contributed by atoms with Crippen LogP contribution in [0, 0.1) is 0 Å². The minimum absolute atomic E-state index is 0.0810. The summed E-state index contributed by atoms with van der Waals surface area (Å²) in [5, 5.41) is 8.75. The van der Waals surface area contributed by atoms with Gasteiger partial charge in [-0.3, -0.25) is 9.78 Å². The van der Waals surface area contributed by atoms with Crippen molar-refractivity contribution in [1.82, 2.24) is 4.98 Å². The average molecular weight is 192 g/mol. The normalized spacial score (nSPS) is 10.3. The Morgan fingerprint density at radius 1 is 1.50 bits per heavy atom. The van der Waals surface area contributed by atoms with Gasteiger partial charge in [-0.05, 0) is 12.1 Å². The summed E-state index contributed by atoms with van der Waals surface area (Å²) in [6.45, 7) is 0. The maximum atomic E-state index is 10.7. The van der Waals surface area contributed by atoms with Gasteiger partial charge in [-0.25, -0.2) is 4.79 Å². The quantitative estimate of drug-likeness (QED) is 0.672. The standard InChI is InChI=1S/C9H8N2O3/c10-8(12)2-1-6-5-11-4-3-7(6)9(13)14/h1-5H,(H2,10,12)(H,13,14). The number of hydrogen-bond acceptors (Lipinski definition) is 3. The zero-order valence-corrected chi connectivity index (χ0v) is 7.18. The molecule has 0 atom stereocenters. The number of aromatic nitrogens is 1. The second-order valence-electron chi connectivity index (χ2n) is 2.50. The molecule has 0 aliphatic heterocycles.